The van der Waals surface area contributed by atoms with Crippen LogP contribution in [-0.2, 0) is 20.8 Å². The minimum absolute atomic E-state index is 0.0182. The lowest BCUT2D eigenvalue weighted by atomic mass is 9.84. The van der Waals surface area contributed by atoms with Gasteiger partial charge in [-0.15, -0.1) is 0 Å². The third kappa shape index (κ3) is 4.23. The standard InChI is InChI=1S/C18H27N5O4/c1-11-17(26)22(2)7-8-23(11)18(27)12-3-5-14(6-4-12)20-15(24)9-13-10-19-21-16(13)25/h10-12,14H,3-9H2,1-2H3,(H,20,24)(H2,19,21,25). The molecule has 0 radical (unpaired) electrons. The van der Waals surface area contributed by atoms with E-state index in [4.69, 9.17) is 0 Å². The molecular weight excluding hydrogens is 350 g/mol. The molecule has 2 heterocycles. The van der Waals surface area contributed by atoms with Crippen LogP contribution >= 0.6 is 0 Å². The molecule has 2 fully saturated rings. The first kappa shape index (κ1) is 19.2. The number of likely N-dealkylation sites (N-methyl/N-ethyl adjacent to an activating group) is 1. The lowest BCUT2D eigenvalue weighted by molar-refractivity contribution is -0.152. The number of H-pyrrole nitrogens is 2. The van der Waals surface area contributed by atoms with E-state index >= 15 is 0 Å². The van der Waals surface area contributed by atoms with Gasteiger partial charge in [0.05, 0.1) is 6.42 Å². The number of aromatic nitrogens is 2. The van der Waals surface area contributed by atoms with Crippen LogP contribution in [0.2, 0.25) is 0 Å². The summed E-state index contributed by atoms with van der Waals surface area (Å²) in [6, 6.07) is -0.390. The number of rotatable bonds is 4. The second-order valence-corrected chi connectivity index (χ2v) is 7.53. The number of carbonyl (C=O) groups excluding carboxylic acids is 3. The van der Waals surface area contributed by atoms with Gasteiger partial charge in [0.1, 0.15) is 6.04 Å². The Morgan fingerprint density at radius 3 is 2.52 bits per heavy atom. The zero-order valence-electron chi connectivity index (χ0n) is 15.8. The minimum atomic E-state index is -0.409. The zero-order chi connectivity index (χ0) is 19.6. The predicted molar refractivity (Wildman–Crippen MR) is 97.8 cm³/mol. The lowest BCUT2D eigenvalue weighted by Crippen LogP contribution is -2.57. The van der Waals surface area contributed by atoms with Crippen LogP contribution in [0, 0.1) is 5.92 Å². The molecular formula is C18H27N5O4. The molecule has 1 saturated heterocycles. The smallest absolute Gasteiger partial charge is 0.267 e. The van der Waals surface area contributed by atoms with Crippen molar-refractivity contribution < 1.29 is 14.4 Å². The van der Waals surface area contributed by atoms with Gasteiger partial charge in [0, 0.05) is 43.9 Å². The van der Waals surface area contributed by atoms with Crippen molar-refractivity contribution in [1.82, 2.24) is 25.3 Å². The van der Waals surface area contributed by atoms with Gasteiger partial charge in [-0.3, -0.25) is 24.3 Å². The summed E-state index contributed by atoms with van der Waals surface area (Å²) >= 11 is 0. The number of amides is 3. The average molecular weight is 377 g/mol. The molecule has 3 amide bonds. The molecule has 0 spiro atoms. The van der Waals surface area contributed by atoms with Gasteiger partial charge >= 0.3 is 0 Å². The maximum absolute atomic E-state index is 12.8. The summed E-state index contributed by atoms with van der Waals surface area (Å²) in [5.41, 5.74) is 0.125. The minimum Gasteiger partial charge on any atom is -0.353 e. The van der Waals surface area contributed by atoms with E-state index in [2.05, 4.69) is 15.5 Å². The van der Waals surface area contributed by atoms with E-state index in [0.29, 0.717) is 31.5 Å². The van der Waals surface area contributed by atoms with Crippen molar-refractivity contribution in [3.8, 4) is 0 Å². The van der Waals surface area contributed by atoms with Crippen LogP contribution in [0.4, 0.5) is 0 Å². The normalized spacial score (nSPS) is 26.1. The number of piperazine rings is 1. The van der Waals surface area contributed by atoms with Crippen LogP contribution in [0.15, 0.2) is 11.0 Å². The van der Waals surface area contributed by atoms with Crippen molar-refractivity contribution in [2.75, 3.05) is 20.1 Å². The molecule has 148 valence electrons. The highest BCUT2D eigenvalue weighted by Crippen LogP contribution is 2.27. The van der Waals surface area contributed by atoms with Gasteiger partial charge in [0.15, 0.2) is 0 Å². The van der Waals surface area contributed by atoms with E-state index in [1.165, 1.54) is 6.20 Å². The first-order chi connectivity index (χ1) is 12.9. The Morgan fingerprint density at radius 2 is 1.89 bits per heavy atom. The Bertz CT molecular complexity index is 762. The molecule has 1 aromatic heterocycles. The third-order valence-corrected chi connectivity index (χ3v) is 5.68. The number of carbonyl (C=O) groups is 3. The monoisotopic (exact) mass is 377 g/mol. The quantitative estimate of drug-likeness (QED) is 0.662. The maximum atomic E-state index is 12.8. The summed E-state index contributed by atoms with van der Waals surface area (Å²) in [5.74, 6) is -0.250. The molecule has 1 unspecified atom stereocenters. The summed E-state index contributed by atoms with van der Waals surface area (Å²) in [4.78, 5) is 51.8. The first-order valence-corrected chi connectivity index (χ1v) is 9.46. The molecule has 1 aliphatic heterocycles. The summed E-state index contributed by atoms with van der Waals surface area (Å²) in [5, 5.41) is 7.94. The number of nitrogens with one attached hydrogen (secondary N) is 3. The molecule has 3 rings (SSSR count). The lowest BCUT2D eigenvalue weighted by Gasteiger charge is -2.40. The van der Waals surface area contributed by atoms with Crippen molar-refractivity contribution in [1.29, 1.82) is 0 Å². The second-order valence-electron chi connectivity index (χ2n) is 7.53. The van der Waals surface area contributed by atoms with E-state index in [9.17, 15) is 19.2 Å². The number of aromatic amines is 2. The van der Waals surface area contributed by atoms with E-state index in [1.54, 1.807) is 23.8 Å². The molecule has 1 aliphatic carbocycles. The molecule has 0 aromatic carbocycles. The fourth-order valence-electron chi connectivity index (χ4n) is 3.95. The molecule has 0 bridgehead atoms. The molecule has 9 nitrogen and oxygen atoms in total. The second kappa shape index (κ2) is 7.98. The number of hydrogen-bond donors (Lipinski definition) is 3. The molecule has 27 heavy (non-hydrogen) atoms. The fraction of sp³-hybridized carbons (Fsp3) is 0.667. The van der Waals surface area contributed by atoms with Crippen molar-refractivity contribution in [3.63, 3.8) is 0 Å². The van der Waals surface area contributed by atoms with Gasteiger partial charge < -0.3 is 20.2 Å². The summed E-state index contributed by atoms with van der Waals surface area (Å²) in [6.45, 7) is 2.92. The van der Waals surface area contributed by atoms with Crippen LogP contribution in [0.5, 0.6) is 0 Å². The van der Waals surface area contributed by atoms with Gasteiger partial charge in [-0.1, -0.05) is 0 Å². The highest BCUT2D eigenvalue weighted by molar-refractivity contribution is 5.89. The van der Waals surface area contributed by atoms with E-state index in [0.717, 1.165) is 12.8 Å². The maximum Gasteiger partial charge on any atom is 0.267 e. The summed E-state index contributed by atoms with van der Waals surface area (Å²) < 4.78 is 0. The Balaban J connectivity index is 1.48. The van der Waals surface area contributed by atoms with Crippen LogP contribution in [0.1, 0.15) is 38.2 Å². The molecule has 3 N–H and O–H groups in total. The highest BCUT2D eigenvalue weighted by Gasteiger charge is 2.37. The predicted octanol–water partition coefficient (Wildman–Crippen LogP) is -0.390. The molecule has 9 heteroatoms. The summed E-state index contributed by atoms with van der Waals surface area (Å²) in [7, 11) is 1.76. The van der Waals surface area contributed by atoms with Crippen LogP contribution in [0.3, 0.4) is 0 Å². The molecule has 1 saturated carbocycles. The van der Waals surface area contributed by atoms with Crippen LogP contribution < -0.4 is 10.9 Å². The highest BCUT2D eigenvalue weighted by atomic mass is 16.2. The van der Waals surface area contributed by atoms with Crippen molar-refractivity contribution in [2.24, 2.45) is 5.92 Å². The Hall–Kier alpha value is -2.58. The largest absolute Gasteiger partial charge is 0.353 e. The molecule has 2 aliphatic rings. The Kier molecular flexibility index (Phi) is 5.67. The van der Waals surface area contributed by atoms with Crippen molar-refractivity contribution >= 4 is 17.7 Å². The van der Waals surface area contributed by atoms with Gasteiger partial charge in [0.2, 0.25) is 17.7 Å². The van der Waals surface area contributed by atoms with E-state index in [1.807, 2.05) is 0 Å². The van der Waals surface area contributed by atoms with Gasteiger partial charge in [-0.2, -0.15) is 0 Å². The Morgan fingerprint density at radius 1 is 1.19 bits per heavy atom. The third-order valence-electron chi connectivity index (χ3n) is 5.68. The topological polar surface area (TPSA) is 118 Å². The summed E-state index contributed by atoms with van der Waals surface area (Å²) in [6.07, 6.45) is 4.38. The number of hydrogen-bond acceptors (Lipinski definition) is 4. The van der Waals surface area contributed by atoms with Gasteiger partial charge in [0.25, 0.3) is 5.56 Å². The fourth-order valence-corrected chi connectivity index (χ4v) is 3.95. The zero-order valence-corrected chi connectivity index (χ0v) is 15.8. The molecule has 1 atom stereocenters. The van der Waals surface area contributed by atoms with Crippen molar-refractivity contribution in [2.45, 2.75) is 51.1 Å². The van der Waals surface area contributed by atoms with Gasteiger partial charge in [-0.05, 0) is 32.6 Å². The SMILES string of the molecule is CC1C(=O)N(C)CCN1C(=O)C1CCC(NC(=O)Cc2c[nH][nH]c2=O)CC1. The van der Waals surface area contributed by atoms with Crippen LogP contribution in [0.25, 0.3) is 0 Å². The van der Waals surface area contributed by atoms with Gasteiger partial charge in [-0.25, -0.2) is 0 Å². The molecule has 1 aromatic rings. The Labute approximate surface area is 157 Å². The first-order valence-electron chi connectivity index (χ1n) is 9.46. The van der Waals surface area contributed by atoms with E-state index in [-0.39, 0.29) is 41.7 Å². The van der Waals surface area contributed by atoms with E-state index < -0.39 is 6.04 Å². The van der Waals surface area contributed by atoms with Crippen molar-refractivity contribution in [3.05, 3.63) is 22.1 Å². The average Bonchev–Trinajstić information content (AvgIpc) is 3.04. The van der Waals surface area contributed by atoms with Crippen LogP contribution in [-0.4, -0.2) is 69.9 Å². The number of nitrogens with zero attached hydrogens (tertiary/aromatic N) is 2.